The minimum Gasteiger partial charge on any atom is -0.465 e. The molecule has 6 nitrogen and oxygen atoms in total. The van der Waals surface area contributed by atoms with Crippen LogP contribution in [0.2, 0.25) is 0 Å². The van der Waals surface area contributed by atoms with E-state index in [9.17, 15) is 23.2 Å². The topological polar surface area (TPSA) is 76.6 Å². The first-order valence-electron chi connectivity index (χ1n) is 9.18. The van der Waals surface area contributed by atoms with Crippen LogP contribution in [0.1, 0.15) is 42.2 Å². The zero-order chi connectivity index (χ0) is 22.7. The summed E-state index contributed by atoms with van der Waals surface area (Å²) in [7, 11) is 1.20. The number of hydrogen-bond donors (Lipinski definition) is 0. The van der Waals surface area contributed by atoms with Crippen LogP contribution in [0.25, 0.3) is 0 Å². The van der Waals surface area contributed by atoms with Gasteiger partial charge in [-0.1, -0.05) is 12.1 Å². The molecule has 0 fully saturated rings. The molecule has 0 atom stereocenters. The molecule has 0 saturated heterocycles. The highest BCUT2D eigenvalue weighted by Gasteiger charge is 2.29. The number of methoxy groups -OCH3 is 1. The van der Waals surface area contributed by atoms with E-state index in [1.807, 2.05) is 0 Å². The molecule has 0 unspecified atom stereocenters. The van der Waals surface area contributed by atoms with Gasteiger partial charge in [0.15, 0.2) is 0 Å². The standard InChI is InChI=1S/C23H18F2N2O4/c1-13-4-7-16(24)10-18(13)21(28)27(20-9-6-15(12-26-20)23(30)31-3)22(29)19-11-17(25)8-5-14(19)2/h4-12H,1-3H3. The van der Waals surface area contributed by atoms with Crippen LogP contribution >= 0.6 is 0 Å². The Labute approximate surface area is 177 Å². The summed E-state index contributed by atoms with van der Waals surface area (Å²) in [5.74, 6) is -3.76. The number of imide groups is 1. The number of esters is 1. The molecule has 3 aromatic rings. The van der Waals surface area contributed by atoms with Gasteiger partial charge in [-0.05, 0) is 61.4 Å². The lowest BCUT2D eigenvalue weighted by molar-refractivity contribution is 0.0600. The maximum Gasteiger partial charge on any atom is 0.339 e. The molecule has 0 aliphatic heterocycles. The number of hydrogen-bond acceptors (Lipinski definition) is 5. The van der Waals surface area contributed by atoms with E-state index in [4.69, 9.17) is 0 Å². The second kappa shape index (κ2) is 8.83. The number of carbonyl (C=O) groups excluding carboxylic acids is 3. The predicted molar refractivity (Wildman–Crippen MR) is 109 cm³/mol. The number of carbonyl (C=O) groups is 3. The third kappa shape index (κ3) is 4.48. The van der Waals surface area contributed by atoms with Gasteiger partial charge in [-0.3, -0.25) is 9.59 Å². The second-order valence-electron chi connectivity index (χ2n) is 6.76. The molecular weight excluding hydrogens is 406 g/mol. The monoisotopic (exact) mass is 424 g/mol. The quantitative estimate of drug-likeness (QED) is 0.462. The Morgan fingerprint density at radius 2 is 1.35 bits per heavy atom. The van der Waals surface area contributed by atoms with Gasteiger partial charge >= 0.3 is 5.97 Å². The summed E-state index contributed by atoms with van der Waals surface area (Å²) in [5.41, 5.74) is 0.871. The van der Waals surface area contributed by atoms with Crippen LogP contribution in [-0.2, 0) is 4.74 Å². The third-order valence-corrected chi connectivity index (χ3v) is 4.66. The Kier molecular flexibility index (Phi) is 6.20. The molecule has 1 aromatic heterocycles. The van der Waals surface area contributed by atoms with Crippen molar-refractivity contribution in [1.29, 1.82) is 0 Å². The molecule has 31 heavy (non-hydrogen) atoms. The summed E-state index contributed by atoms with van der Waals surface area (Å²) in [5, 5.41) is 0. The Hall–Kier alpha value is -3.94. The van der Waals surface area contributed by atoms with E-state index in [1.165, 1.54) is 43.5 Å². The number of ether oxygens (including phenoxy) is 1. The van der Waals surface area contributed by atoms with Crippen LogP contribution in [-0.4, -0.2) is 29.9 Å². The van der Waals surface area contributed by atoms with E-state index in [0.29, 0.717) is 11.1 Å². The van der Waals surface area contributed by atoms with Crippen molar-refractivity contribution in [2.45, 2.75) is 13.8 Å². The predicted octanol–water partition coefficient (Wildman–Crippen LogP) is 4.25. The van der Waals surface area contributed by atoms with E-state index < -0.39 is 29.4 Å². The Morgan fingerprint density at radius 3 is 1.77 bits per heavy atom. The summed E-state index contributed by atoms with van der Waals surface area (Å²) in [6, 6.07) is 9.85. The van der Waals surface area contributed by atoms with Gasteiger partial charge in [0.25, 0.3) is 11.8 Å². The average Bonchev–Trinajstić information content (AvgIpc) is 2.77. The molecule has 3 rings (SSSR count). The molecule has 0 spiro atoms. The van der Waals surface area contributed by atoms with E-state index in [-0.39, 0.29) is 22.5 Å². The fraction of sp³-hybridized carbons (Fsp3) is 0.130. The van der Waals surface area contributed by atoms with Crippen molar-refractivity contribution in [3.8, 4) is 0 Å². The van der Waals surface area contributed by atoms with Crippen LogP contribution < -0.4 is 4.90 Å². The molecule has 0 radical (unpaired) electrons. The number of aromatic nitrogens is 1. The summed E-state index contributed by atoms with van der Waals surface area (Å²) < 4.78 is 32.3. The first-order chi connectivity index (χ1) is 14.7. The van der Waals surface area contributed by atoms with E-state index >= 15 is 0 Å². The lowest BCUT2D eigenvalue weighted by Crippen LogP contribution is -2.38. The minimum absolute atomic E-state index is 0.0544. The Morgan fingerprint density at radius 1 is 0.839 bits per heavy atom. The van der Waals surface area contributed by atoms with Crippen LogP contribution in [0.3, 0.4) is 0 Å². The van der Waals surface area contributed by atoms with Crippen LogP contribution in [0, 0.1) is 25.5 Å². The molecule has 1 heterocycles. The first kappa shape index (κ1) is 21.8. The van der Waals surface area contributed by atoms with Crippen molar-refractivity contribution in [3.63, 3.8) is 0 Å². The van der Waals surface area contributed by atoms with Gasteiger partial charge in [-0.25, -0.2) is 23.5 Å². The highest BCUT2D eigenvalue weighted by atomic mass is 19.1. The molecule has 2 amide bonds. The smallest absolute Gasteiger partial charge is 0.339 e. The Bertz CT molecular complexity index is 1110. The SMILES string of the molecule is COC(=O)c1ccc(N(C(=O)c2cc(F)ccc2C)C(=O)c2cc(F)ccc2C)nc1. The fourth-order valence-electron chi connectivity index (χ4n) is 2.95. The van der Waals surface area contributed by atoms with Crippen molar-refractivity contribution in [2.24, 2.45) is 0 Å². The molecule has 0 aliphatic carbocycles. The van der Waals surface area contributed by atoms with Gasteiger partial charge in [0, 0.05) is 17.3 Å². The number of amides is 2. The highest BCUT2D eigenvalue weighted by Crippen LogP contribution is 2.23. The van der Waals surface area contributed by atoms with Gasteiger partial charge in [-0.15, -0.1) is 0 Å². The second-order valence-corrected chi connectivity index (χ2v) is 6.76. The molecule has 0 saturated carbocycles. The number of benzene rings is 2. The molecule has 2 aromatic carbocycles. The average molecular weight is 424 g/mol. The van der Waals surface area contributed by atoms with Gasteiger partial charge in [0.05, 0.1) is 12.7 Å². The maximum absolute atomic E-state index is 13.8. The minimum atomic E-state index is -0.844. The summed E-state index contributed by atoms with van der Waals surface area (Å²) in [6.45, 7) is 3.19. The van der Waals surface area contributed by atoms with E-state index in [1.54, 1.807) is 13.8 Å². The third-order valence-electron chi connectivity index (χ3n) is 4.66. The maximum atomic E-state index is 13.8. The zero-order valence-electron chi connectivity index (χ0n) is 17.0. The molecular formula is C23H18F2N2O4. The molecule has 158 valence electrons. The zero-order valence-corrected chi connectivity index (χ0v) is 17.0. The number of anilines is 1. The van der Waals surface area contributed by atoms with Crippen molar-refractivity contribution >= 4 is 23.6 Å². The van der Waals surface area contributed by atoms with E-state index in [2.05, 4.69) is 9.72 Å². The molecule has 0 N–H and O–H groups in total. The molecule has 0 bridgehead atoms. The van der Waals surface area contributed by atoms with Gasteiger partial charge in [-0.2, -0.15) is 0 Å². The summed E-state index contributed by atoms with van der Waals surface area (Å²) in [4.78, 5) is 43.1. The Balaban J connectivity index is 2.15. The van der Waals surface area contributed by atoms with Gasteiger partial charge in [0.2, 0.25) is 0 Å². The van der Waals surface area contributed by atoms with Crippen LogP contribution in [0.15, 0.2) is 54.7 Å². The fourth-order valence-corrected chi connectivity index (χ4v) is 2.95. The lowest BCUT2D eigenvalue weighted by Gasteiger charge is -2.22. The summed E-state index contributed by atoms with van der Waals surface area (Å²) >= 11 is 0. The van der Waals surface area contributed by atoms with Gasteiger partial charge < -0.3 is 4.74 Å². The van der Waals surface area contributed by atoms with Crippen molar-refractivity contribution in [3.05, 3.63) is 94.2 Å². The van der Waals surface area contributed by atoms with Crippen LogP contribution in [0.4, 0.5) is 14.6 Å². The van der Waals surface area contributed by atoms with Crippen molar-refractivity contribution in [2.75, 3.05) is 12.0 Å². The van der Waals surface area contributed by atoms with Gasteiger partial charge in [0.1, 0.15) is 17.5 Å². The number of halogens is 2. The highest BCUT2D eigenvalue weighted by molar-refractivity contribution is 6.26. The number of rotatable bonds is 4. The number of nitrogens with zero attached hydrogens (tertiary/aromatic N) is 2. The molecule has 0 aliphatic rings. The normalized spacial score (nSPS) is 10.5. The van der Waals surface area contributed by atoms with Crippen molar-refractivity contribution < 1.29 is 27.9 Å². The van der Waals surface area contributed by atoms with Crippen molar-refractivity contribution in [1.82, 2.24) is 4.98 Å². The first-order valence-corrected chi connectivity index (χ1v) is 9.18. The number of pyridine rings is 1. The molecule has 8 heteroatoms. The largest absolute Gasteiger partial charge is 0.465 e. The lowest BCUT2D eigenvalue weighted by atomic mass is 10.0. The van der Waals surface area contributed by atoms with E-state index in [0.717, 1.165) is 23.2 Å². The number of aryl methyl sites for hydroxylation is 2. The summed E-state index contributed by atoms with van der Waals surface area (Å²) in [6.07, 6.45) is 1.14. The van der Waals surface area contributed by atoms with Crippen LogP contribution in [0.5, 0.6) is 0 Å².